The van der Waals surface area contributed by atoms with E-state index in [1.165, 1.54) is 12.8 Å². The number of hydrogen-bond acceptors (Lipinski definition) is 3. The van der Waals surface area contributed by atoms with E-state index in [-0.39, 0.29) is 18.1 Å². The second kappa shape index (κ2) is 5.44. The van der Waals surface area contributed by atoms with Crippen LogP contribution in [0.15, 0.2) is 24.3 Å². The maximum Gasteiger partial charge on any atom is 0.241 e. The van der Waals surface area contributed by atoms with Crippen LogP contribution in [0.5, 0.6) is 5.75 Å². The van der Waals surface area contributed by atoms with Gasteiger partial charge < -0.3 is 9.64 Å². The molecule has 3 rings (SSSR count). The molecule has 2 fully saturated rings. The Morgan fingerprint density at radius 3 is 2.55 bits per heavy atom. The van der Waals surface area contributed by atoms with E-state index in [0.29, 0.717) is 5.92 Å². The number of hydrogen-bond donors (Lipinski definition) is 1. The van der Waals surface area contributed by atoms with E-state index < -0.39 is 0 Å². The fraction of sp³-hybridized carbons (Fsp3) is 0.562. The standard InChI is InChI=1S/C16H22N2O2/c1-3-14-16(19)18(10-11-4-5-11)15(17-14)12-6-8-13(20-2)9-7-12/h6-9,11,14-15,17H,3-5,10H2,1-2H3. The highest BCUT2D eigenvalue weighted by atomic mass is 16.5. The van der Waals surface area contributed by atoms with Crippen molar-refractivity contribution in [1.82, 2.24) is 10.2 Å². The highest BCUT2D eigenvalue weighted by Crippen LogP contribution is 2.35. The minimum Gasteiger partial charge on any atom is -0.497 e. The third kappa shape index (κ3) is 2.52. The number of carbonyl (C=O) groups is 1. The van der Waals surface area contributed by atoms with Crippen molar-refractivity contribution in [2.75, 3.05) is 13.7 Å². The summed E-state index contributed by atoms with van der Waals surface area (Å²) >= 11 is 0. The van der Waals surface area contributed by atoms with Gasteiger partial charge in [0.05, 0.1) is 13.2 Å². The molecule has 2 unspecified atom stereocenters. The fourth-order valence-electron chi connectivity index (χ4n) is 2.81. The van der Waals surface area contributed by atoms with Crippen molar-refractivity contribution < 1.29 is 9.53 Å². The highest BCUT2D eigenvalue weighted by molar-refractivity contribution is 5.84. The summed E-state index contributed by atoms with van der Waals surface area (Å²) in [6.45, 7) is 2.94. The first-order valence-electron chi connectivity index (χ1n) is 7.43. The Labute approximate surface area is 120 Å². The largest absolute Gasteiger partial charge is 0.497 e. The Kier molecular flexibility index (Phi) is 3.66. The maximum absolute atomic E-state index is 12.4. The van der Waals surface area contributed by atoms with E-state index in [1.807, 2.05) is 29.2 Å². The number of rotatable bonds is 5. The molecule has 1 heterocycles. The molecule has 20 heavy (non-hydrogen) atoms. The molecule has 2 atom stereocenters. The summed E-state index contributed by atoms with van der Waals surface area (Å²) < 4.78 is 5.20. The van der Waals surface area contributed by atoms with Gasteiger partial charge in [-0.1, -0.05) is 19.1 Å². The van der Waals surface area contributed by atoms with Crippen LogP contribution in [0.3, 0.4) is 0 Å². The molecular formula is C16H22N2O2. The minimum atomic E-state index is -0.0409. The average molecular weight is 274 g/mol. The van der Waals surface area contributed by atoms with E-state index >= 15 is 0 Å². The van der Waals surface area contributed by atoms with Crippen molar-refractivity contribution >= 4 is 5.91 Å². The van der Waals surface area contributed by atoms with Gasteiger partial charge in [-0.15, -0.1) is 0 Å². The Balaban J connectivity index is 1.82. The van der Waals surface area contributed by atoms with E-state index in [4.69, 9.17) is 4.74 Å². The van der Waals surface area contributed by atoms with Gasteiger partial charge in [0.1, 0.15) is 11.9 Å². The lowest BCUT2D eigenvalue weighted by Gasteiger charge is -2.24. The molecule has 4 heteroatoms. The molecule has 0 radical (unpaired) electrons. The molecule has 1 N–H and O–H groups in total. The van der Waals surface area contributed by atoms with Crippen LogP contribution >= 0.6 is 0 Å². The third-order valence-electron chi connectivity index (χ3n) is 4.24. The molecular weight excluding hydrogens is 252 g/mol. The number of methoxy groups -OCH3 is 1. The van der Waals surface area contributed by atoms with E-state index in [1.54, 1.807) is 7.11 Å². The van der Waals surface area contributed by atoms with Gasteiger partial charge in [-0.05, 0) is 42.9 Å². The molecule has 1 amide bonds. The van der Waals surface area contributed by atoms with Gasteiger partial charge >= 0.3 is 0 Å². The predicted octanol–water partition coefficient (Wildman–Crippen LogP) is 2.31. The molecule has 4 nitrogen and oxygen atoms in total. The van der Waals surface area contributed by atoms with Crippen LogP contribution in [-0.2, 0) is 4.79 Å². The van der Waals surface area contributed by atoms with E-state index in [9.17, 15) is 4.79 Å². The van der Waals surface area contributed by atoms with Crippen molar-refractivity contribution in [3.05, 3.63) is 29.8 Å². The Bertz CT molecular complexity index is 482. The second-order valence-electron chi connectivity index (χ2n) is 5.74. The van der Waals surface area contributed by atoms with Gasteiger partial charge in [0.25, 0.3) is 0 Å². The van der Waals surface area contributed by atoms with Crippen LogP contribution in [0.4, 0.5) is 0 Å². The number of ether oxygens (including phenoxy) is 1. The number of carbonyl (C=O) groups excluding carboxylic acids is 1. The number of nitrogens with zero attached hydrogens (tertiary/aromatic N) is 1. The molecule has 0 bridgehead atoms. The lowest BCUT2D eigenvalue weighted by atomic mass is 10.1. The minimum absolute atomic E-state index is 0.0129. The summed E-state index contributed by atoms with van der Waals surface area (Å²) in [5.74, 6) is 1.80. The quantitative estimate of drug-likeness (QED) is 0.896. The third-order valence-corrected chi connectivity index (χ3v) is 4.24. The lowest BCUT2D eigenvalue weighted by molar-refractivity contribution is -0.130. The van der Waals surface area contributed by atoms with Crippen molar-refractivity contribution in [2.45, 2.75) is 38.4 Å². The summed E-state index contributed by atoms with van der Waals surface area (Å²) in [5, 5.41) is 3.46. The smallest absolute Gasteiger partial charge is 0.241 e. The van der Waals surface area contributed by atoms with Gasteiger partial charge in [-0.25, -0.2) is 0 Å². The Morgan fingerprint density at radius 2 is 2.00 bits per heavy atom. The summed E-state index contributed by atoms with van der Waals surface area (Å²) in [5.41, 5.74) is 1.13. The lowest BCUT2D eigenvalue weighted by Crippen LogP contribution is -2.32. The van der Waals surface area contributed by atoms with Crippen molar-refractivity contribution in [3.8, 4) is 5.75 Å². The molecule has 108 valence electrons. The van der Waals surface area contributed by atoms with Gasteiger partial charge in [0, 0.05) is 6.54 Å². The maximum atomic E-state index is 12.4. The van der Waals surface area contributed by atoms with Crippen molar-refractivity contribution in [1.29, 1.82) is 0 Å². The Morgan fingerprint density at radius 1 is 1.30 bits per heavy atom. The first-order valence-corrected chi connectivity index (χ1v) is 7.43. The molecule has 1 saturated heterocycles. The fourth-order valence-corrected chi connectivity index (χ4v) is 2.81. The van der Waals surface area contributed by atoms with Crippen molar-refractivity contribution in [2.24, 2.45) is 5.92 Å². The van der Waals surface area contributed by atoms with Crippen LogP contribution in [0, 0.1) is 5.92 Å². The summed E-state index contributed by atoms with van der Waals surface area (Å²) in [6, 6.07) is 7.95. The zero-order chi connectivity index (χ0) is 14.1. The van der Waals surface area contributed by atoms with E-state index in [2.05, 4.69) is 12.2 Å². The molecule has 0 spiro atoms. The monoisotopic (exact) mass is 274 g/mol. The summed E-state index contributed by atoms with van der Waals surface area (Å²) in [4.78, 5) is 14.5. The SMILES string of the molecule is CCC1NC(c2ccc(OC)cc2)N(CC2CC2)C1=O. The van der Waals surface area contributed by atoms with Gasteiger partial charge in [-0.3, -0.25) is 10.1 Å². The first kappa shape index (κ1) is 13.4. The second-order valence-corrected chi connectivity index (χ2v) is 5.74. The molecule has 1 saturated carbocycles. The average Bonchev–Trinajstić information content (AvgIpc) is 3.25. The van der Waals surface area contributed by atoms with Crippen LogP contribution in [0.25, 0.3) is 0 Å². The molecule has 1 aromatic carbocycles. The number of amides is 1. The van der Waals surface area contributed by atoms with Gasteiger partial charge in [0.2, 0.25) is 5.91 Å². The Hall–Kier alpha value is -1.55. The van der Waals surface area contributed by atoms with Gasteiger partial charge in [-0.2, -0.15) is 0 Å². The van der Waals surface area contributed by atoms with Crippen LogP contribution < -0.4 is 10.1 Å². The number of benzene rings is 1. The zero-order valence-electron chi connectivity index (χ0n) is 12.1. The van der Waals surface area contributed by atoms with Crippen molar-refractivity contribution in [3.63, 3.8) is 0 Å². The van der Waals surface area contributed by atoms with Gasteiger partial charge in [0.15, 0.2) is 0 Å². The topological polar surface area (TPSA) is 41.6 Å². The highest BCUT2D eigenvalue weighted by Gasteiger charge is 2.40. The van der Waals surface area contributed by atoms with E-state index in [0.717, 1.165) is 24.3 Å². The first-order chi connectivity index (χ1) is 9.72. The molecule has 1 aromatic rings. The summed E-state index contributed by atoms with van der Waals surface area (Å²) in [7, 11) is 1.67. The predicted molar refractivity (Wildman–Crippen MR) is 77.4 cm³/mol. The summed E-state index contributed by atoms with van der Waals surface area (Å²) in [6.07, 6.45) is 3.37. The van der Waals surface area contributed by atoms with Crippen LogP contribution in [-0.4, -0.2) is 30.5 Å². The molecule has 2 aliphatic rings. The normalized spacial score (nSPS) is 26.1. The molecule has 0 aromatic heterocycles. The van der Waals surface area contributed by atoms with Crippen LogP contribution in [0.2, 0.25) is 0 Å². The number of nitrogens with one attached hydrogen (secondary N) is 1. The zero-order valence-corrected chi connectivity index (χ0v) is 12.1. The van der Waals surface area contributed by atoms with Crippen LogP contribution in [0.1, 0.15) is 37.9 Å². The molecule has 1 aliphatic heterocycles. The molecule has 1 aliphatic carbocycles.